The molecule has 2 atom stereocenters. The van der Waals surface area contributed by atoms with Crippen LogP contribution in [-0.4, -0.2) is 20.6 Å². The Hall–Kier alpha value is -2.21. The quantitative estimate of drug-likeness (QED) is 0.904. The summed E-state index contributed by atoms with van der Waals surface area (Å²) in [7, 11) is -3.13. The van der Waals surface area contributed by atoms with Crippen molar-refractivity contribution < 1.29 is 17.6 Å². The highest BCUT2D eigenvalue weighted by Gasteiger charge is 2.45. The minimum Gasteiger partial charge on any atom is -0.326 e. The van der Waals surface area contributed by atoms with Gasteiger partial charge in [-0.2, -0.15) is 0 Å². The van der Waals surface area contributed by atoms with Crippen molar-refractivity contribution in [1.29, 1.82) is 0 Å². The first-order valence-electron chi connectivity index (χ1n) is 7.65. The van der Waals surface area contributed by atoms with Gasteiger partial charge in [-0.15, -0.1) is 0 Å². The second-order valence-electron chi connectivity index (χ2n) is 6.23. The number of carbonyl (C=O) groups excluding carboxylic acids is 1. The number of carbonyl (C=O) groups is 1. The van der Waals surface area contributed by atoms with Crippen LogP contribution >= 0.6 is 0 Å². The lowest BCUT2D eigenvalue weighted by Gasteiger charge is -2.07. The Bertz CT molecular complexity index is 879. The zero-order valence-corrected chi connectivity index (χ0v) is 14.0. The average Bonchev–Trinajstić information content (AvgIpc) is 3.26. The minimum absolute atomic E-state index is 0.0714. The number of hydrogen-bond donors (Lipinski definition) is 1. The number of rotatable bonds is 5. The lowest BCUT2D eigenvalue weighted by atomic mass is 10.1. The van der Waals surface area contributed by atoms with E-state index in [2.05, 4.69) is 5.32 Å². The smallest absolute Gasteiger partial charge is 0.228 e. The molecule has 6 heteroatoms. The number of nitrogens with one attached hydrogen (secondary N) is 1. The molecule has 1 amide bonds. The van der Waals surface area contributed by atoms with Crippen LogP contribution in [0.3, 0.4) is 0 Å². The van der Waals surface area contributed by atoms with Gasteiger partial charge in [-0.3, -0.25) is 4.79 Å². The highest BCUT2D eigenvalue weighted by Crippen LogP contribution is 2.48. The summed E-state index contributed by atoms with van der Waals surface area (Å²) < 4.78 is 36.5. The van der Waals surface area contributed by atoms with Crippen LogP contribution in [0.5, 0.6) is 0 Å². The summed E-state index contributed by atoms with van der Waals surface area (Å²) in [6.45, 7) is 0. The molecule has 2 unspecified atom stereocenters. The molecular weight excluding hydrogens is 329 g/mol. The lowest BCUT2D eigenvalue weighted by molar-refractivity contribution is -0.117. The molecule has 1 aliphatic rings. The number of sulfone groups is 1. The molecular formula is C18H18FNO3S. The van der Waals surface area contributed by atoms with Crippen molar-refractivity contribution in [3.8, 4) is 0 Å². The maximum atomic E-state index is 13.8. The van der Waals surface area contributed by atoms with Gasteiger partial charge in [0.15, 0.2) is 9.84 Å². The van der Waals surface area contributed by atoms with E-state index in [0.29, 0.717) is 23.2 Å². The van der Waals surface area contributed by atoms with Crippen molar-refractivity contribution in [2.75, 3.05) is 11.6 Å². The molecule has 1 saturated carbocycles. The number of benzene rings is 2. The molecule has 2 aromatic carbocycles. The predicted octanol–water partition coefficient (Wildman–Crippen LogP) is 3.11. The first kappa shape index (κ1) is 16.6. The van der Waals surface area contributed by atoms with Gasteiger partial charge in [0.1, 0.15) is 5.82 Å². The maximum Gasteiger partial charge on any atom is 0.228 e. The van der Waals surface area contributed by atoms with Crippen molar-refractivity contribution in [2.45, 2.75) is 18.1 Å². The molecule has 1 fully saturated rings. The lowest BCUT2D eigenvalue weighted by Crippen LogP contribution is -2.15. The van der Waals surface area contributed by atoms with E-state index in [1.807, 2.05) is 0 Å². The summed E-state index contributed by atoms with van der Waals surface area (Å²) in [5, 5.41) is 2.79. The molecule has 0 bridgehead atoms. The SMILES string of the molecule is CS(=O)(=O)Cc1cccc(NC(=O)C2CC2c2ccccc2F)c1. The van der Waals surface area contributed by atoms with Gasteiger partial charge in [-0.05, 0) is 41.7 Å². The van der Waals surface area contributed by atoms with E-state index < -0.39 is 9.84 Å². The number of anilines is 1. The molecule has 0 aromatic heterocycles. The Labute approximate surface area is 140 Å². The summed E-state index contributed by atoms with van der Waals surface area (Å²) in [6.07, 6.45) is 1.79. The Morgan fingerprint density at radius 1 is 1.21 bits per heavy atom. The number of halogens is 1. The third-order valence-corrected chi connectivity index (χ3v) is 4.91. The van der Waals surface area contributed by atoms with E-state index in [4.69, 9.17) is 0 Å². The Morgan fingerprint density at radius 2 is 1.96 bits per heavy atom. The molecule has 2 aromatic rings. The topological polar surface area (TPSA) is 63.2 Å². The first-order valence-corrected chi connectivity index (χ1v) is 9.71. The summed E-state index contributed by atoms with van der Waals surface area (Å²) in [6, 6.07) is 13.3. The van der Waals surface area contributed by atoms with Gasteiger partial charge in [-0.25, -0.2) is 12.8 Å². The third-order valence-electron chi connectivity index (χ3n) is 4.06. The normalized spacial score (nSPS) is 19.8. The molecule has 1 N–H and O–H groups in total. The van der Waals surface area contributed by atoms with Gasteiger partial charge >= 0.3 is 0 Å². The summed E-state index contributed by atoms with van der Waals surface area (Å²) in [5.74, 6) is -0.864. The Balaban J connectivity index is 1.66. The molecule has 3 rings (SSSR count). The molecule has 1 aliphatic carbocycles. The highest BCUT2D eigenvalue weighted by atomic mass is 32.2. The fourth-order valence-corrected chi connectivity index (χ4v) is 3.67. The van der Waals surface area contributed by atoms with Crippen LogP contribution in [-0.2, 0) is 20.4 Å². The molecule has 126 valence electrons. The Morgan fingerprint density at radius 3 is 2.67 bits per heavy atom. The summed E-state index contributed by atoms with van der Waals surface area (Å²) in [4.78, 5) is 12.3. The zero-order valence-electron chi connectivity index (χ0n) is 13.2. The predicted molar refractivity (Wildman–Crippen MR) is 90.9 cm³/mol. The van der Waals surface area contributed by atoms with Crippen LogP contribution < -0.4 is 5.32 Å². The molecule has 0 saturated heterocycles. The van der Waals surface area contributed by atoms with E-state index in [1.165, 1.54) is 12.3 Å². The van der Waals surface area contributed by atoms with Crippen molar-refractivity contribution in [2.24, 2.45) is 5.92 Å². The fraction of sp³-hybridized carbons (Fsp3) is 0.278. The second-order valence-corrected chi connectivity index (χ2v) is 8.37. The van der Waals surface area contributed by atoms with Gasteiger partial charge in [0.25, 0.3) is 0 Å². The van der Waals surface area contributed by atoms with E-state index in [9.17, 15) is 17.6 Å². The number of amides is 1. The standard InChI is InChI=1S/C18H18FNO3S/c1-24(22,23)11-12-5-4-6-13(9-12)20-18(21)16-10-15(16)14-7-2-3-8-17(14)19/h2-9,15-16H,10-11H2,1H3,(H,20,21). The summed E-state index contributed by atoms with van der Waals surface area (Å²) >= 11 is 0. The zero-order chi connectivity index (χ0) is 17.3. The molecule has 0 aliphatic heterocycles. The maximum absolute atomic E-state index is 13.8. The van der Waals surface area contributed by atoms with Gasteiger partial charge in [-0.1, -0.05) is 30.3 Å². The van der Waals surface area contributed by atoms with Crippen molar-refractivity contribution >= 4 is 21.4 Å². The molecule has 0 spiro atoms. The third kappa shape index (κ3) is 4.00. The van der Waals surface area contributed by atoms with E-state index in [-0.39, 0.29) is 29.3 Å². The Kier molecular flexibility index (Phi) is 4.41. The monoisotopic (exact) mass is 347 g/mol. The van der Waals surface area contributed by atoms with Crippen LogP contribution in [0.25, 0.3) is 0 Å². The average molecular weight is 347 g/mol. The van der Waals surface area contributed by atoms with E-state index >= 15 is 0 Å². The largest absolute Gasteiger partial charge is 0.326 e. The summed E-state index contributed by atoms with van der Waals surface area (Å²) in [5.41, 5.74) is 1.75. The minimum atomic E-state index is -3.13. The van der Waals surface area contributed by atoms with Gasteiger partial charge in [0.05, 0.1) is 5.75 Å². The molecule has 24 heavy (non-hydrogen) atoms. The van der Waals surface area contributed by atoms with E-state index in [1.54, 1.807) is 42.5 Å². The van der Waals surface area contributed by atoms with Crippen LogP contribution in [0, 0.1) is 11.7 Å². The van der Waals surface area contributed by atoms with Crippen LogP contribution in [0.4, 0.5) is 10.1 Å². The molecule has 4 nitrogen and oxygen atoms in total. The van der Waals surface area contributed by atoms with Crippen LogP contribution in [0.1, 0.15) is 23.5 Å². The van der Waals surface area contributed by atoms with Crippen molar-refractivity contribution in [3.05, 3.63) is 65.5 Å². The molecule has 0 heterocycles. The first-order chi connectivity index (χ1) is 11.3. The van der Waals surface area contributed by atoms with Gasteiger partial charge < -0.3 is 5.32 Å². The van der Waals surface area contributed by atoms with Crippen LogP contribution in [0.2, 0.25) is 0 Å². The van der Waals surface area contributed by atoms with E-state index in [0.717, 1.165) is 0 Å². The van der Waals surface area contributed by atoms with Crippen LogP contribution in [0.15, 0.2) is 48.5 Å². The number of hydrogen-bond acceptors (Lipinski definition) is 3. The van der Waals surface area contributed by atoms with Gasteiger partial charge in [0.2, 0.25) is 5.91 Å². The molecule has 0 radical (unpaired) electrons. The highest BCUT2D eigenvalue weighted by molar-refractivity contribution is 7.89. The van der Waals surface area contributed by atoms with Crippen molar-refractivity contribution in [1.82, 2.24) is 0 Å². The fourth-order valence-electron chi connectivity index (χ4n) is 2.88. The van der Waals surface area contributed by atoms with Gasteiger partial charge in [0, 0.05) is 17.9 Å². The second kappa shape index (κ2) is 6.36. The van der Waals surface area contributed by atoms with Crippen molar-refractivity contribution in [3.63, 3.8) is 0 Å².